The van der Waals surface area contributed by atoms with E-state index in [1.54, 1.807) is 6.07 Å². The number of piperidine rings is 1. The number of aryl methyl sites for hydroxylation is 1. The summed E-state index contributed by atoms with van der Waals surface area (Å²) in [4.78, 5) is 12.9. The minimum absolute atomic E-state index is 0.00491. The summed E-state index contributed by atoms with van der Waals surface area (Å²) in [5.41, 5.74) is 2.33. The Balaban J connectivity index is 1.41. The molecule has 5 nitrogen and oxygen atoms in total. The van der Waals surface area contributed by atoms with Gasteiger partial charge in [-0.25, -0.2) is 8.42 Å². The monoisotopic (exact) mass is 480 g/mol. The fraction of sp³-hybridized carbons (Fsp3) is 0.435. The van der Waals surface area contributed by atoms with Crippen molar-refractivity contribution >= 4 is 39.1 Å². The van der Waals surface area contributed by atoms with E-state index in [4.69, 9.17) is 23.2 Å². The number of benzene rings is 2. The average molecular weight is 481 g/mol. The minimum Gasteiger partial charge on any atom is -0.349 e. The molecule has 8 heteroatoms. The Bertz CT molecular complexity index is 1040. The van der Waals surface area contributed by atoms with Crippen LogP contribution < -0.4 is 5.32 Å². The molecule has 0 spiro atoms. The first-order valence-corrected chi connectivity index (χ1v) is 12.8. The van der Waals surface area contributed by atoms with Crippen LogP contribution in [0.4, 0.5) is 0 Å². The number of carbonyl (C=O) groups is 1. The lowest BCUT2D eigenvalue weighted by molar-refractivity contribution is -0.127. The first-order valence-electron chi connectivity index (χ1n) is 10.6. The topological polar surface area (TPSA) is 66.5 Å². The molecule has 1 aliphatic carbocycles. The molecule has 0 aromatic heterocycles. The zero-order valence-corrected chi connectivity index (χ0v) is 19.7. The van der Waals surface area contributed by atoms with Gasteiger partial charge in [-0.05, 0) is 56.2 Å². The van der Waals surface area contributed by atoms with E-state index in [0.29, 0.717) is 18.8 Å². The van der Waals surface area contributed by atoms with Crippen molar-refractivity contribution in [2.75, 3.05) is 13.1 Å². The summed E-state index contributed by atoms with van der Waals surface area (Å²) >= 11 is 12.2. The first-order chi connectivity index (χ1) is 14.8. The molecule has 166 valence electrons. The van der Waals surface area contributed by atoms with Crippen LogP contribution in [0, 0.1) is 18.8 Å². The second-order valence-corrected chi connectivity index (χ2v) is 11.2. The number of nitrogens with zero attached hydrogens (tertiary/aromatic N) is 1. The molecule has 0 radical (unpaired) electrons. The normalized spacial score (nSPS) is 19.2. The van der Waals surface area contributed by atoms with E-state index >= 15 is 0 Å². The van der Waals surface area contributed by atoms with Crippen LogP contribution in [0.5, 0.6) is 0 Å². The molecule has 1 heterocycles. The number of halogens is 2. The van der Waals surface area contributed by atoms with Crippen LogP contribution in [0.3, 0.4) is 0 Å². The van der Waals surface area contributed by atoms with Crippen LogP contribution in [0.1, 0.15) is 42.9 Å². The van der Waals surface area contributed by atoms with E-state index in [1.807, 2.05) is 6.92 Å². The van der Waals surface area contributed by atoms with Crippen LogP contribution in [-0.4, -0.2) is 31.7 Å². The van der Waals surface area contributed by atoms with E-state index in [0.717, 1.165) is 18.4 Å². The van der Waals surface area contributed by atoms with Gasteiger partial charge in [0.15, 0.2) is 0 Å². The molecule has 1 saturated carbocycles. The molecule has 1 amide bonds. The Kier molecular flexibility index (Phi) is 6.63. The lowest BCUT2D eigenvalue weighted by Crippen LogP contribution is -2.44. The van der Waals surface area contributed by atoms with Crippen molar-refractivity contribution in [1.29, 1.82) is 0 Å². The second-order valence-electron chi connectivity index (χ2n) is 8.46. The van der Waals surface area contributed by atoms with E-state index in [9.17, 15) is 13.2 Å². The number of rotatable bonds is 6. The van der Waals surface area contributed by atoms with Crippen molar-refractivity contribution in [1.82, 2.24) is 9.62 Å². The van der Waals surface area contributed by atoms with Gasteiger partial charge < -0.3 is 5.32 Å². The van der Waals surface area contributed by atoms with E-state index in [-0.39, 0.29) is 45.9 Å². The summed E-state index contributed by atoms with van der Waals surface area (Å²) in [5, 5.41) is 3.46. The molecule has 0 unspecified atom stereocenters. The Hall–Kier alpha value is -1.60. The van der Waals surface area contributed by atoms with Gasteiger partial charge in [-0.2, -0.15) is 4.31 Å². The minimum atomic E-state index is -3.81. The number of hydrogen-bond donors (Lipinski definition) is 1. The first kappa shape index (κ1) is 22.6. The summed E-state index contributed by atoms with van der Waals surface area (Å²) in [5.74, 6) is 0.277. The third kappa shape index (κ3) is 4.92. The van der Waals surface area contributed by atoms with Gasteiger partial charge in [0.2, 0.25) is 15.9 Å². The van der Waals surface area contributed by atoms with Crippen LogP contribution in [0.25, 0.3) is 0 Å². The van der Waals surface area contributed by atoms with Gasteiger partial charge in [0, 0.05) is 19.0 Å². The predicted octanol–water partition coefficient (Wildman–Crippen LogP) is 4.97. The number of amides is 1. The summed E-state index contributed by atoms with van der Waals surface area (Å²) in [7, 11) is -3.81. The van der Waals surface area contributed by atoms with Gasteiger partial charge in [-0.3, -0.25) is 4.79 Å². The largest absolute Gasteiger partial charge is 0.349 e. The Morgan fingerprint density at radius 2 is 1.58 bits per heavy atom. The average Bonchev–Trinajstić information content (AvgIpc) is 3.58. The molecule has 2 fully saturated rings. The lowest BCUT2D eigenvalue weighted by Gasteiger charge is -2.32. The molecular weight excluding hydrogens is 455 g/mol. The smallest absolute Gasteiger partial charge is 0.246 e. The highest BCUT2D eigenvalue weighted by molar-refractivity contribution is 7.89. The zero-order chi connectivity index (χ0) is 22.2. The van der Waals surface area contributed by atoms with Crippen LogP contribution in [-0.2, 0) is 14.8 Å². The Labute approximate surface area is 193 Å². The Morgan fingerprint density at radius 1 is 1.00 bits per heavy atom. The van der Waals surface area contributed by atoms with Gasteiger partial charge in [-0.1, -0.05) is 59.1 Å². The highest BCUT2D eigenvalue weighted by Crippen LogP contribution is 2.41. The maximum absolute atomic E-state index is 13.0. The van der Waals surface area contributed by atoms with Gasteiger partial charge in [-0.15, -0.1) is 0 Å². The molecule has 4 rings (SSSR count). The predicted molar refractivity (Wildman–Crippen MR) is 123 cm³/mol. The molecule has 2 aliphatic rings. The van der Waals surface area contributed by atoms with Crippen molar-refractivity contribution in [3.05, 3.63) is 63.6 Å². The van der Waals surface area contributed by atoms with E-state index in [2.05, 4.69) is 29.6 Å². The highest BCUT2D eigenvalue weighted by atomic mass is 35.5. The summed E-state index contributed by atoms with van der Waals surface area (Å²) in [6.45, 7) is 2.58. The molecular formula is C23H26Cl2N2O3S. The van der Waals surface area contributed by atoms with Crippen LogP contribution >= 0.6 is 23.2 Å². The van der Waals surface area contributed by atoms with Gasteiger partial charge in [0.05, 0.1) is 16.1 Å². The molecule has 1 atom stereocenters. The van der Waals surface area contributed by atoms with Crippen molar-refractivity contribution in [3.63, 3.8) is 0 Å². The molecule has 1 N–H and O–H groups in total. The summed E-state index contributed by atoms with van der Waals surface area (Å²) in [6.07, 6.45) is 3.18. The fourth-order valence-electron chi connectivity index (χ4n) is 4.16. The molecule has 1 saturated heterocycles. The fourth-order valence-corrected chi connectivity index (χ4v) is 6.73. The quantitative estimate of drug-likeness (QED) is 0.634. The lowest BCUT2D eigenvalue weighted by atomic mass is 9.95. The van der Waals surface area contributed by atoms with E-state index in [1.165, 1.54) is 22.0 Å². The van der Waals surface area contributed by atoms with Crippen molar-refractivity contribution in [2.45, 2.75) is 43.5 Å². The third-order valence-electron chi connectivity index (χ3n) is 6.17. The number of nitrogens with one attached hydrogen (secondary N) is 1. The zero-order valence-electron chi connectivity index (χ0n) is 17.4. The third-order valence-corrected chi connectivity index (χ3v) is 9.02. The highest BCUT2D eigenvalue weighted by Gasteiger charge is 2.37. The standard InChI is InChI=1S/C23H26Cl2N2O3S/c1-15-5-7-16(8-6-15)21(17-9-10-17)26-23(28)18-11-13-27(14-12-18)31(29,30)22-19(24)3-2-4-20(22)25/h2-8,17-18,21H,9-14H2,1H3,(H,26,28)/t21-/m1/s1. The van der Waals surface area contributed by atoms with Gasteiger partial charge in [0.25, 0.3) is 0 Å². The van der Waals surface area contributed by atoms with Gasteiger partial charge in [0.1, 0.15) is 4.90 Å². The van der Waals surface area contributed by atoms with Crippen LogP contribution in [0.2, 0.25) is 10.0 Å². The Morgan fingerprint density at radius 3 is 2.13 bits per heavy atom. The molecule has 31 heavy (non-hydrogen) atoms. The number of carbonyl (C=O) groups excluding carboxylic acids is 1. The molecule has 2 aromatic carbocycles. The summed E-state index contributed by atoms with van der Waals surface area (Å²) < 4.78 is 27.5. The number of sulfonamides is 1. The molecule has 0 bridgehead atoms. The van der Waals surface area contributed by atoms with Gasteiger partial charge >= 0.3 is 0 Å². The van der Waals surface area contributed by atoms with Crippen molar-refractivity contribution < 1.29 is 13.2 Å². The maximum Gasteiger partial charge on any atom is 0.246 e. The summed E-state index contributed by atoms with van der Waals surface area (Å²) in [6, 6.07) is 13.0. The maximum atomic E-state index is 13.0. The number of hydrogen-bond acceptors (Lipinski definition) is 3. The SMILES string of the molecule is Cc1ccc([C@@H](NC(=O)C2CCN(S(=O)(=O)c3c(Cl)cccc3Cl)CC2)C2CC2)cc1. The molecule has 2 aromatic rings. The van der Waals surface area contributed by atoms with Crippen molar-refractivity contribution in [3.8, 4) is 0 Å². The molecule has 1 aliphatic heterocycles. The second kappa shape index (κ2) is 9.10. The van der Waals surface area contributed by atoms with E-state index < -0.39 is 10.0 Å². The van der Waals surface area contributed by atoms with Crippen LogP contribution in [0.15, 0.2) is 47.4 Å². The van der Waals surface area contributed by atoms with Crippen molar-refractivity contribution in [2.24, 2.45) is 11.8 Å².